The zero-order valence-electron chi connectivity index (χ0n) is 11.1. The van der Waals surface area contributed by atoms with E-state index in [9.17, 15) is 0 Å². The first-order valence-corrected chi connectivity index (χ1v) is 8.91. The first-order valence-electron chi connectivity index (χ1n) is 6.70. The minimum absolute atomic E-state index is 0.344. The van der Waals surface area contributed by atoms with Gasteiger partial charge in [0.15, 0.2) is 0 Å². The number of rotatable bonds is 3. The molecule has 3 aromatic carbocycles. The van der Waals surface area contributed by atoms with Crippen LogP contribution in [-0.2, 0) is 0 Å². The molecule has 0 saturated heterocycles. The van der Waals surface area contributed by atoms with Gasteiger partial charge in [-0.1, -0.05) is 93.0 Å². The molecule has 3 aromatic rings. The molecule has 2 heteroatoms. The first kappa shape index (κ1) is 13.3. The Morgan fingerprint density at radius 3 is 1.65 bits per heavy atom. The molecule has 0 bridgehead atoms. The van der Waals surface area contributed by atoms with Crippen LogP contribution in [0.2, 0.25) is 0 Å². The number of hydrogen-bond donors (Lipinski definition) is 0. The van der Waals surface area contributed by atoms with E-state index in [4.69, 9.17) is 0 Å². The Balaban J connectivity index is 1.79. The monoisotopic (exact) mass is 338 g/mol. The van der Waals surface area contributed by atoms with Gasteiger partial charge in [0.05, 0.1) is 9.52 Å². The molecule has 0 spiro atoms. The summed E-state index contributed by atoms with van der Waals surface area (Å²) in [4.78, 5) is 0. The second-order valence-corrected chi connectivity index (χ2v) is 7.77. The van der Waals surface area contributed by atoms with Crippen LogP contribution < -0.4 is 10.4 Å². The highest BCUT2D eigenvalue weighted by atomic mass is 79.9. The molecule has 0 heterocycles. The second-order valence-electron chi connectivity index (χ2n) is 4.87. The van der Waals surface area contributed by atoms with Gasteiger partial charge in [0.25, 0.3) is 0 Å². The lowest BCUT2D eigenvalue weighted by molar-refractivity contribution is 1.60. The lowest BCUT2D eigenvalue weighted by Crippen LogP contribution is -2.26. The molecule has 0 nitrogen and oxygen atoms in total. The Morgan fingerprint density at radius 2 is 1.05 bits per heavy atom. The Kier molecular flexibility index (Phi) is 4.14. The van der Waals surface area contributed by atoms with Gasteiger partial charge < -0.3 is 0 Å². The molecular formula is C18H15BrSi. The molecule has 0 aromatic heterocycles. The molecule has 0 amide bonds. The normalized spacial score (nSPS) is 11.1. The highest BCUT2D eigenvalue weighted by Gasteiger charge is 2.00. The predicted octanol–water partition coefficient (Wildman–Crippen LogP) is 3.24. The summed E-state index contributed by atoms with van der Waals surface area (Å²) in [7, 11) is -0.344. The summed E-state index contributed by atoms with van der Waals surface area (Å²) in [5.41, 5.74) is 2.55. The van der Waals surface area contributed by atoms with Gasteiger partial charge in [0, 0.05) is 4.47 Å². The second kappa shape index (κ2) is 6.20. The molecule has 20 heavy (non-hydrogen) atoms. The average molecular weight is 339 g/mol. The van der Waals surface area contributed by atoms with Gasteiger partial charge in [0.2, 0.25) is 0 Å². The van der Waals surface area contributed by atoms with Crippen molar-refractivity contribution in [1.82, 2.24) is 0 Å². The van der Waals surface area contributed by atoms with Crippen LogP contribution in [0.15, 0.2) is 83.3 Å². The Bertz CT molecular complexity index is 673. The number of halogens is 1. The molecule has 3 rings (SSSR count). The van der Waals surface area contributed by atoms with Crippen molar-refractivity contribution in [2.45, 2.75) is 0 Å². The quantitative estimate of drug-likeness (QED) is 0.643. The maximum atomic E-state index is 3.47. The van der Waals surface area contributed by atoms with Crippen molar-refractivity contribution in [1.29, 1.82) is 0 Å². The zero-order valence-corrected chi connectivity index (χ0v) is 14.1. The van der Waals surface area contributed by atoms with Crippen LogP contribution in [0.4, 0.5) is 0 Å². The third-order valence-electron chi connectivity index (χ3n) is 3.38. The van der Waals surface area contributed by atoms with Crippen molar-refractivity contribution in [2.24, 2.45) is 0 Å². The topological polar surface area (TPSA) is 0 Å². The minimum atomic E-state index is -0.344. The van der Waals surface area contributed by atoms with Gasteiger partial charge >= 0.3 is 0 Å². The van der Waals surface area contributed by atoms with Crippen molar-refractivity contribution >= 4 is 35.8 Å². The van der Waals surface area contributed by atoms with Crippen LogP contribution in [0.1, 0.15) is 0 Å². The highest BCUT2D eigenvalue weighted by Crippen LogP contribution is 2.20. The number of benzene rings is 3. The van der Waals surface area contributed by atoms with Gasteiger partial charge in [-0.25, -0.2) is 0 Å². The van der Waals surface area contributed by atoms with E-state index in [0.717, 1.165) is 4.47 Å². The van der Waals surface area contributed by atoms with Crippen LogP contribution >= 0.6 is 15.9 Å². The lowest BCUT2D eigenvalue weighted by atomic mass is 10.1. The fraction of sp³-hybridized carbons (Fsp3) is 0. The van der Waals surface area contributed by atoms with E-state index in [1.54, 1.807) is 0 Å². The van der Waals surface area contributed by atoms with Gasteiger partial charge in [0.1, 0.15) is 0 Å². The maximum Gasteiger partial charge on any atom is 0.0875 e. The van der Waals surface area contributed by atoms with E-state index >= 15 is 0 Å². The maximum absolute atomic E-state index is 3.47. The van der Waals surface area contributed by atoms with Crippen LogP contribution in [0.3, 0.4) is 0 Å². The molecule has 0 saturated carbocycles. The molecule has 0 atom stereocenters. The lowest BCUT2D eigenvalue weighted by Gasteiger charge is -2.05. The fourth-order valence-electron chi connectivity index (χ4n) is 2.29. The van der Waals surface area contributed by atoms with E-state index in [2.05, 4.69) is 94.8 Å². The van der Waals surface area contributed by atoms with E-state index in [1.165, 1.54) is 21.5 Å². The van der Waals surface area contributed by atoms with E-state index in [0.29, 0.717) is 0 Å². The van der Waals surface area contributed by atoms with Crippen LogP contribution in [0.5, 0.6) is 0 Å². The van der Waals surface area contributed by atoms with Gasteiger partial charge in [-0.2, -0.15) is 0 Å². The smallest absolute Gasteiger partial charge is 0.0633 e. The largest absolute Gasteiger partial charge is 0.0875 e. The van der Waals surface area contributed by atoms with Crippen LogP contribution in [0.25, 0.3) is 11.1 Å². The van der Waals surface area contributed by atoms with Crippen molar-refractivity contribution < 1.29 is 0 Å². The number of hydrogen-bond acceptors (Lipinski definition) is 0. The van der Waals surface area contributed by atoms with E-state index in [1.807, 2.05) is 0 Å². The van der Waals surface area contributed by atoms with E-state index in [-0.39, 0.29) is 9.52 Å². The molecular weight excluding hydrogens is 324 g/mol. The SMILES string of the molecule is Brc1ccc(-c2ccc([SiH2]c3ccccc3)cc2)cc1. The van der Waals surface area contributed by atoms with Crippen molar-refractivity contribution in [3.8, 4) is 11.1 Å². The van der Waals surface area contributed by atoms with Crippen molar-refractivity contribution in [3.05, 3.63) is 83.3 Å². The zero-order chi connectivity index (χ0) is 13.8. The Morgan fingerprint density at radius 1 is 0.550 bits per heavy atom. The summed E-state index contributed by atoms with van der Waals surface area (Å²) >= 11 is 3.47. The summed E-state index contributed by atoms with van der Waals surface area (Å²) in [6.45, 7) is 0. The van der Waals surface area contributed by atoms with Gasteiger partial charge in [-0.15, -0.1) is 0 Å². The van der Waals surface area contributed by atoms with Crippen molar-refractivity contribution in [2.75, 3.05) is 0 Å². The molecule has 0 aliphatic heterocycles. The fourth-order valence-corrected chi connectivity index (χ4v) is 4.00. The summed E-state index contributed by atoms with van der Waals surface area (Å²) in [6.07, 6.45) is 0. The highest BCUT2D eigenvalue weighted by molar-refractivity contribution is 9.10. The Labute approximate surface area is 130 Å². The average Bonchev–Trinajstić information content (AvgIpc) is 2.50. The minimum Gasteiger partial charge on any atom is -0.0633 e. The predicted molar refractivity (Wildman–Crippen MR) is 93.8 cm³/mol. The van der Waals surface area contributed by atoms with Gasteiger partial charge in [-0.3, -0.25) is 0 Å². The standard InChI is InChI=1S/C18H15BrSi/c19-16-10-6-14(7-11-16)15-8-12-18(13-9-15)20-17-4-2-1-3-5-17/h1-13H,20H2. The van der Waals surface area contributed by atoms with Gasteiger partial charge in [-0.05, 0) is 23.3 Å². The molecule has 0 fully saturated rings. The first-order chi connectivity index (χ1) is 9.81. The molecule has 0 aliphatic rings. The molecule has 0 N–H and O–H groups in total. The summed E-state index contributed by atoms with van der Waals surface area (Å²) < 4.78 is 1.12. The van der Waals surface area contributed by atoms with E-state index < -0.39 is 0 Å². The molecule has 0 radical (unpaired) electrons. The van der Waals surface area contributed by atoms with Crippen LogP contribution in [0, 0.1) is 0 Å². The van der Waals surface area contributed by atoms with Crippen LogP contribution in [-0.4, -0.2) is 9.52 Å². The summed E-state index contributed by atoms with van der Waals surface area (Å²) in [5.74, 6) is 0. The van der Waals surface area contributed by atoms with Crippen molar-refractivity contribution in [3.63, 3.8) is 0 Å². The Hall–Kier alpha value is -1.64. The third kappa shape index (κ3) is 3.27. The third-order valence-corrected chi connectivity index (χ3v) is 5.67. The summed E-state index contributed by atoms with van der Waals surface area (Å²) in [5, 5.41) is 2.97. The molecule has 0 unspecified atom stereocenters. The molecule has 0 aliphatic carbocycles. The molecule has 98 valence electrons. The summed E-state index contributed by atoms with van der Waals surface area (Å²) in [6, 6.07) is 28.3.